The second kappa shape index (κ2) is 5.82. The number of amides is 1. The molecule has 0 aromatic carbocycles. The minimum absolute atomic E-state index is 0.0825. The second-order valence-electron chi connectivity index (χ2n) is 8.04. The molecule has 0 unspecified atom stereocenters. The van der Waals surface area contributed by atoms with Crippen molar-refractivity contribution in [1.29, 1.82) is 0 Å². The number of piperidine rings is 1. The normalized spacial score (nSPS) is 19.5. The van der Waals surface area contributed by atoms with Crippen LogP contribution in [0.2, 0.25) is 0 Å². The Morgan fingerprint density at radius 2 is 1.58 bits per heavy atom. The van der Waals surface area contributed by atoms with Crippen molar-refractivity contribution < 1.29 is 4.79 Å². The van der Waals surface area contributed by atoms with E-state index in [0.29, 0.717) is 12.0 Å². The molecule has 1 amide bonds. The van der Waals surface area contributed by atoms with Crippen LogP contribution in [0.3, 0.4) is 0 Å². The van der Waals surface area contributed by atoms with Gasteiger partial charge < -0.3 is 4.90 Å². The molecule has 1 aliphatic heterocycles. The van der Waals surface area contributed by atoms with Gasteiger partial charge in [-0.1, -0.05) is 20.8 Å². The first-order valence-corrected chi connectivity index (χ1v) is 7.51. The Morgan fingerprint density at radius 3 is 1.95 bits per heavy atom. The monoisotopic (exact) mass is 268 g/mol. The predicted octanol–water partition coefficient (Wildman–Crippen LogP) is 3.00. The van der Waals surface area contributed by atoms with Crippen LogP contribution in [-0.2, 0) is 4.79 Å². The molecular weight excluding hydrogens is 236 g/mol. The van der Waals surface area contributed by atoms with E-state index < -0.39 is 0 Å². The first kappa shape index (κ1) is 16.5. The zero-order valence-corrected chi connectivity index (χ0v) is 13.9. The summed E-state index contributed by atoms with van der Waals surface area (Å²) in [5, 5.41) is 0. The van der Waals surface area contributed by atoms with E-state index in [4.69, 9.17) is 0 Å². The van der Waals surface area contributed by atoms with Crippen LogP contribution in [0, 0.1) is 11.3 Å². The first-order chi connectivity index (χ1) is 8.51. The summed E-state index contributed by atoms with van der Waals surface area (Å²) in [5.41, 5.74) is 0.319. The number of rotatable bonds is 2. The highest BCUT2D eigenvalue weighted by molar-refractivity contribution is 5.78. The maximum absolute atomic E-state index is 12.2. The highest BCUT2D eigenvalue weighted by Crippen LogP contribution is 2.34. The van der Waals surface area contributed by atoms with Gasteiger partial charge in [0.2, 0.25) is 5.91 Å². The quantitative estimate of drug-likeness (QED) is 0.768. The number of carbonyl (C=O) groups excluding carboxylic acids is 1. The molecule has 1 rings (SSSR count). The van der Waals surface area contributed by atoms with Crippen LogP contribution in [-0.4, -0.2) is 47.9 Å². The molecule has 0 N–H and O–H groups in total. The molecule has 0 atom stereocenters. The van der Waals surface area contributed by atoms with Crippen LogP contribution in [0.25, 0.3) is 0 Å². The van der Waals surface area contributed by atoms with E-state index in [1.807, 2.05) is 11.9 Å². The fraction of sp³-hybridized carbons (Fsp3) is 0.938. The van der Waals surface area contributed by atoms with Gasteiger partial charge in [0, 0.05) is 12.6 Å². The fourth-order valence-electron chi connectivity index (χ4n) is 2.63. The zero-order valence-electron chi connectivity index (χ0n) is 13.9. The number of carbonyl (C=O) groups is 1. The summed E-state index contributed by atoms with van der Waals surface area (Å²) < 4.78 is 0. The predicted molar refractivity (Wildman–Crippen MR) is 81.1 cm³/mol. The van der Waals surface area contributed by atoms with E-state index in [0.717, 1.165) is 19.0 Å². The molecule has 1 fully saturated rings. The number of likely N-dealkylation sites (tertiary alicyclic amines) is 1. The topological polar surface area (TPSA) is 23.6 Å². The molecule has 0 aromatic heterocycles. The summed E-state index contributed by atoms with van der Waals surface area (Å²) in [7, 11) is 1.91. The molecule has 0 aliphatic carbocycles. The molecular formula is C16H32N2O. The zero-order chi connectivity index (χ0) is 14.8. The van der Waals surface area contributed by atoms with E-state index in [9.17, 15) is 4.79 Å². The molecule has 112 valence electrons. The van der Waals surface area contributed by atoms with Crippen molar-refractivity contribution in [2.45, 2.75) is 59.9 Å². The number of hydrogen-bond donors (Lipinski definition) is 0. The highest BCUT2D eigenvalue weighted by atomic mass is 16.2. The standard InChI is InChI=1S/C16H32N2O/c1-15(2,3)13-8-10-18(11-9-13)12-14(19)17(7)16(4,5)6/h13H,8-12H2,1-7H3. The van der Waals surface area contributed by atoms with Crippen LogP contribution >= 0.6 is 0 Å². The van der Waals surface area contributed by atoms with Gasteiger partial charge in [-0.05, 0) is 58.0 Å². The number of nitrogens with zero attached hydrogens (tertiary/aromatic N) is 2. The Labute approximate surface area is 119 Å². The molecule has 0 saturated carbocycles. The lowest BCUT2D eigenvalue weighted by molar-refractivity contribution is -0.135. The Hall–Kier alpha value is -0.570. The fourth-order valence-corrected chi connectivity index (χ4v) is 2.63. The summed E-state index contributed by atoms with van der Waals surface area (Å²) in [6, 6.07) is 0. The van der Waals surface area contributed by atoms with Gasteiger partial charge >= 0.3 is 0 Å². The lowest BCUT2D eigenvalue weighted by Crippen LogP contribution is -2.49. The average Bonchev–Trinajstić information content (AvgIpc) is 2.26. The largest absolute Gasteiger partial charge is 0.340 e. The van der Waals surface area contributed by atoms with Gasteiger partial charge in [0.1, 0.15) is 0 Å². The van der Waals surface area contributed by atoms with E-state index in [2.05, 4.69) is 46.4 Å². The minimum Gasteiger partial charge on any atom is -0.340 e. The summed E-state index contributed by atoms with van der Waals surface area (Å²) in [4.78, 5) is 16.4. The van der Waals surface area contributed by atoms with Gasteiger partial charge in [-0.15, -0.1) is 0 Å². The van der Waals surface area contributed by atoms with Gasteiger partial charge in [-0.2, -0.15) is 0 Å². The molecule has 0 bridgehead atoms. The van der Waals surface area contributed by atoms with Crippen molar-refractivity contribution in [3.8, 4) is 0 Å². The van der Waals surface area contributed by atoms with Crippen LogP contribution in [0.15, 0.2) is 0 Å². The van der Waals surface area contributed by atoms with Gasteiger partial charge in [-0.3, -0.25) is 9.69 Å². The summed E-state index contributed by atoms with van der Waals surface area (Å²) in [6.45, 7) is 15.9. The maximum Gasteiger partial charge on any atom is 0.236 e. The van der Waals surface area contributed by atoms with Crippen molar-refractivity contribution in [3.05, 3.63) is 0 Å². The summed E-state index contributed by atoms with van der Waals surface area (Å²) in [5.74, 6) is 1.03. The molecule has 19 heavy (non-hydrogen) atoms. The van der Waals surface area contributed by atoms with Gasteiger partial charge in [-0.25, -0.2) is 0 Å². The molecule has 3 heteroatoms. The Balaban J connectivity index is 2.44. The third-order valence-corrected chi connectivity index (χ3v) is 4.55. The molecule has 0 aromatic rings. The van der Waals surface area contributed by atoms with Gasteiger partial charge in [0.05, 0.1) is 6.54 Å². The second-order valence-corrected chi connectivity index (χ2v) is 8.04. The van der Waals surface area contributed by atoms with Crippen molar-refractivity contribution in [3.63, 3.8) is 0 Å². The van der Waals surface area contributed by atoms with Gasteiger partial charge in [0.25, 0.3) is 0 Å². The molecule has 1 aliphatic rings. The van der Waals surface area contributed by atoms with Crippen molar-refractivity contribution in [1.82, 2.24) is 9.80 Å². The number of likely N-dealkylation sites (N-methyl/N-ethyl adjacent to an activating group) is 1. The van der Waals surface area contributed by atoms with Crippen LogP contribution in [0.4, 0.5) is 0 Å². The Kier molecular flexibility index (Phi) is 5.05. The summed E-state index contributed by atoms with van der Waals surface area (Å²) in [6.07, 6.45) is 2.44. The molecule has 1 saturated heterocycles. The van der Waals surface area contributed by atoms with Gasteiger partial charge in [0.15, 0.2) is 0 Å². The molecule has 0 spiro atoms. The molecule has 0 radical (unpaired) electrons. The SMILES string of the molecule is CN(C(=O)CN1CCC(C(C)(C)C)CC1)C(C)(C)C. The molecule has 3 nitrogen and oxygen atoms in total. The molecule has 1 heterocycles. The van der Waals surface area contributed by atoms with E-state index >= 15 is 0 Å². The van der Waals surface area contributed by atoms with Crippen molar-refractivity contribution >= 4 is 5.91 Å². The van der Waals surface area contributed by atoms with E-state index in [-0.39, 0.29) is 11.4 Å². The summed E-state index contributed by atoms with van der Waals surface area (Å²) >= 11 is 0. The Morgan fingerprint density at radius 1 is 1.11 bits per heavy atom. The third kappa shape index (κ3) is 4.79. The maximum atomic E-state index is 12.2. The number of hydrogen-bond acceptors (Lipinski definition) is 2. The lowest BCUT2D eigenvalue weighted by Gasteiger charge is -2.40. The lowest BCUT2D eigenvalue weighted by atomic mass is 9.75. The highest BCUT2D eigenvalue weighted by Gasteiger charge is 2.30. The van der Waals surface area contributed by atoms with Crippen LogP contribution < -0.4 is 0 Å². The average molecular weight is 268 g/mol. The smallest absolute Gasteiger partial charge is 0.236 e. The van der Waals surface area contributed by atoms with Crippen molar-refractivity contribution in [2.75, 3.05) is 26.7 Å². The minimum atomic E-state index is -0.0825. The van der Waals surface area contributed by atoms with Crippen molar-refractivity contribution in [2.24, 2.45) is 11.3 Å². The third-order valence-electron chi connectivity index (χ3n) is 4.55. The van der Waals surface area contributed by atoms with Crippen LogP contribution in [0.1, 0.15) is 54.4 Å². The Bertz CT molecular complexity index is 304. The van der Waals surface area contributed by atoms with E-state index in [1.54, 1.807) is 0 Å². The first-order valence-electron chi connectivity index (χ1n) is 7.51. The van der Waals surface area contributed by atoms with E-state index in [1.165, 1.54) is 12.8 Å². The van der Waals surface area contributed by atoms with Crippen LogP contribution in [0.5, 0.6) is 0 Å².